The van der Waals surface area contributed by atoms with Crippen molar-refractivity contribution in [1.82, 2.24) is 0 Å². The average molecular weight is 280 g/mol. The van der Waals surface area contributed by atoms with Gasteiger partial charge in [0.05, 0.1) is 6.10 Å². The molecule has 21 heavy (non-hydrogen) atoms. The lowest BCUT2D eigenvalue weighted by Gasteiger charge is -2.22. The monoisotopic (exact) mass is 280 g/mol. The third-order valence-electron chi connectivity index (χ3n) is 4.67. The van der Waals surface area contributed by atoms with Crippen LogP contribution in [0.1, 0.15) is 60.8 Å². The van der Waals surface area contributed by atoms with Gasteiger partial charge in [0.25, 0.3) is 0 Å². The van der Waals surface area contributed by atoms with Crippen molar-refractivity contribution in [2.75, 3.05) is 0 Å². The molecule has 0 aliphatic heterocycles. The Hall–Kier alpha value is -1.60. The van der Waals surface area contributed by atoms with E-state index in [2.05, 4.69) is 36.4 Å². The van der Waals surface area contributed by atoms with Gasteiger partial charge < -0.3 is 5.11 Å². The van der Waals surface area contributed by atoms with Crippen LogP contribution in [-0.2, 0) is 6.42 Å². The maximum atomic E-state index is 10.4. The van der Waals surface area contributed by atoms with Crippen LogP contribution in [0.5, 0.6) is 0 Å². The summed E-state index contributed by atoms with van der Waals surface area (Å²) in [6.45, 7) is 0. The Balaban J connectivity index is 1.65. The Bertz CT molecular complexity index is 538. The lowest BCUT2D eigenvalue weighted by molar-refractivity contribution is 0.178. The summed E-state index contributed by atoms with van der Waals surface area (Å²) in [6.07, 6.45) is 7.05. The van der Waals surface area contributed by atoms with E-state index in [1.165, 1.54) is 43.2 Å². The molecule has 0 saturated heterocycles. The van der Waals surface area contributed by atoms with Crippen molar-refractivity contribution in [2.24, 2.45) is 0 Å². The predicted octanol–water partition coefficient (Wildman–Crippen LogP) is 5.01. The zero-order chi connectivity index (χ0) is 14.5. The van der Waals surface area contributed by atoms with Crippen LogP contribution in [0.15, 0.2) is 54.6 Å². The van der Waals surface area contributed by atoms with E-state index in [9.17, 15) is 5.11 Å². The molecule has 1 N–H and O–H groups in total. The van der Waals surface area contributed by atoms with Crippen molar-refractivity contribution in [3.8, 4) is 0 Å². The van der Waals surface area contributed by atoms with Crippen molar-refractivity contribution in [2.45, 2.75) is 50.5 Å². The normalized spacial score (nSPS) is 17.6. The van der Waals surface area contributed by atoms with Gasteiger partial charge in [0.2, 0.25) is 0 Å². The minimum atomic E-state index is -0.409. The maximum Gasteiger partial charge on any atom is 0.0830 e. The number of hydrogen-bond donors (Lipinski definition) is 1. The fourth-order valence-corrected chi connectivity index (χ4v) is 3.38. The summed E-state index contributed by atoms with van der Waals surface area (Å²) in [4.78, 5) is 0. The van der Waals surface area contributed by atoms with Crippen LogP contribution in [0, 0.1) is 0 Å². The molecule has 0 spiro atoms. The lowest BCUT2D eigenvalue weighted by atomic mass is 9.83. The zero-order valence-corrected chi connectivity index (χ0v) is 12.5. The molecule has 1 heteroatoms. The second-order valence-electron chi connectivity index (χ2n) is 6.21. The quantitative estimate of drug-likeness (QED) is 0.834. The van der Waals surface area contributed by atoms with E-state index in [1.54, 1.807) is 0 Å². The molecule has 1 unspecified atom stereocenters. The molecular formula is C20H24O. The molecule has 0 radical (unpaired) electrons. The molecule has 1 saturated carbocycles. The molecule has 0 aromatic heterocycles. The first kappa shape index (κ1) is 14.3. The largest absolute Gasteiger partial charge is 0.388 e. The minimum Gasteiger partial charge on any atom is -0.388 e. The number of aliphatic hydroxyl groups is 1. The summed E-state index contributed by atoms with van der Waals surface area (Å²) >= 11 is 0. The zero-order valence-electron chi connectivity index (χ0n) is 12.5. The SMILES string of the molecule is OC(Cc1ccccc1)c1ccc(C2CCCCC2)cc1. The van der Waals surface area contributed by atoms with Gasteiger partial charge in [0.15, 0.2) is 0 Å². The molecule has 1 nitrogen and oxygen atoms in total. The standard InChI is InChI=1S/C20H24O/c21-20(15-16-7-3-1-4-8-16)19-13-11-18(12-14-19)17-9-5-2-6-10-17/h1,3-4,7-8,11-14,17,20-21H,2,5-6,9-10,15H2. The van der Waals surface area contributed by atoms with Gasteiger partial charge in [0, 0.05) is 6.42 Å². The van der Waals surface area contributed by atoms with Gasteiger partial charge in [-0.1, -0.05) is 73.9 Å². The Morgan fingerprint density at radius 2 is 1.52 bits per heavy atom. The second kappa shape index (κ2) is 6.91. The first-order valence-electron chi connectivity index (χ1n) is 8.15. The van der Waals surface area contributed by atoms with Crippen molar-refractivity contribution in [1.29, 1.82) is 0 Å². The van der Waals surface area contributed by atoms with E-state index in [-0.39, 0.29) is 0 Å². The molecule has 3 rings (SSSR count). The highest BCUT2D eigenvalue weighted by atomic mass is 16.3. The summed E-state index contributed by atoms with van der Waals surface area (Å²) in [7, 11) is 0. The summed E-state index contributed by atoms with van der Waals surface area (Å²) in [5, 5.41) is 10.4. The molecule has 1 aliphatic rings. The fourth-order valence-electron chi connectivity index (χ4n) is 3.38. The lowest BCUT2D eigenvalue weighted by Crippen LogP contribution is -2.06. The molecule has 110 valence electrons. The molecule has 1 atom stereocenters. The number of aliphatic hydroxyl groups excluding tert-OH is 1. The van der Waals surface area contributed by atoms with Crippen LogP contribution in [0.4, 0.5) is 0 Å². The number of rotatable bonds is 4. The van der Waals surface area contributed by atoms with Crippen LogP contribution < -0.4 is 0 Å². The molecule has 0 amide bonds. The summed E-state index contributed by atoms with van der Waals surface area (Å²) in [6, 6.07) is 18.9. The Morgan fingerprint density at radius 3 is 2.19 bits per heavy atom. The number of benzene rings is 2. The highest BCUT2D eigenvalue weighted by molar-refractivity contribution is 5.28. The van der Waals surface area contributed by atoms with Crippen molar-refractivity contribution < 1.29 is 5.11 Å². The van der Waals surface area contributed by atoms with Crippen LogP contribution in [-0.4, -0.2) is 5.11 Å². The summed E-state index contributed by atoms with van der Waals surface area (Å²) < 4.78 is 0. The van der Waals surface area contributed by atoms with Gasteiger partial charge >= 0.3 is 0 Å². The van der Waals surface area contributed by atoms with Gasteiger partial charge in [-0.3, -0.25) is 0 Å². The summed E-state index contributed by atoms with van der Waals surface area (Å²) in [5.74, 6) is 0.735. The molecule has 0 bridgehead atoms. The predicted molar refractivity (Wildman–Crippen MR) is 87.4 cm³/mol. The van der Waals surface area contributed by atoms with Crippen LogP contribution in [0.2, 0.25) is 0 Å². The van der Waals surface area contributed by atoms with Crippen molar-refractivity contribution in [3.05, 3.63) is 71.3 Å². The van der Waals surface area contributed by atoms with Crippen LogP contribution >= 0.6 is 0 Å². The first-order chi connectivity index (χ1) is 10.3. The van der Waals surface area contributed by atoms with Gasteiger partial charge in [-0.05, 0) is 35.4 Å². The first-order valence-corrected chi connectivity index (χ1v) is 8.15. The van der Waals surface area contributed by atoms with Crippen LogP contribution in [0.25, 0.3) is 0 Å². The maximum absolute atomic E-state index is 10.4. The van der Waals surface area contributed by atoms with Gasteiger partial charge in [-0.15, -0.1) is 0 Å². The minimum absolute atomic E-state index is 0.409. The van der Waals surface area contributed by atoms with E-state index >= 15 is 0 Å². The van der Waals surface area contributed by atoms with E-state index in [0.717, 1.165) is 11.5 Å². The van der Waals surface area contributed by atoms with Crippen LogP contribution in [0.3, 0.4) is 0 Å². The second-order valence-corrected chi connectivity index (χ2v) is 6.21. The third kappa shape index (κ3) is 3.74. The van der Waals surface area contributed by atoms with Crippen molar-refractivity contribution in [3.63, 3.8) is 0 Å². The van der Waals surface area contributed by atoms with E-state index in [4.69, 9.17) is 0 Å². The van der Waals surface area contributed by atoms with Crippen molar-refractivity contribution >= 4 is 0 Å². The molecular weight excluding hydrogens is 256 g/mol. The Labute approximate surface area is 127 Å². The van der Waals surface area contributed by atoms with E-state index in [0.29, 0.717) is 6.42 Å². The van der Waals surface area contributed by atoms with E-state index in [1.807, 2.05) is 18.2 Å². The van der Waals surface area contributed by atoms with Gasteiger partial charge in [-0.2, -0.15) is 0 Å². The topological polar surface area (TPSA) is 20.2 Å². The third-order valence-corrected chi connectivity index (χ3v) is 4.67. The molecule has 2 aromatic carbocycles. The van der Waals surface area contributed by atoms with E-state index < -0.39 is 6.10 Å². The molecule has 2 aromatic rings. The Kier molecular flexibility index (Phi) is 4.72. The van der Waals surface area contributed by atoms with Gasteiger partial charge in [0.1, 0.15) is 0 Å². The highest BCUT2D eigenvalue weighted by Crippen LogP contribution is 2.33. The smallest absolute Gasteiger partial charge is 0.0830 e. The average Bonchev–Trinajstić information content (AvgIpc) is 2.57. The molecule has 1 aliphatic carbocycles. The summed E-state index contributed by atoms with van der Waals surface area (Å²) in [5.41, 5.74) is 3.66. The highest BCUT2D eigenvalue weighted by Gasteiger charge is 2.16. The molecule has 0 heterocycles. The number of hydrogen-bond acceptors (Lipinski definition) is 1. The van der Waals surface area contributed by atoms with Gasteiger partial charge in [-0.25, -0.2) is 0 Å². The fraction of sp³-hybridized carbons (Fsp3) is 0.400. The molecule has 1 fully saturated rings. The Morgan fingerprint density at radius 1 is 0.857 bits per heavy atom.